The minimum absolute atomic E-state index is 0.00705. The van der Waals surface area contributed by atoms with Crippen molar-refractivity contribution in [2.45, 2.75) is 39.7 Å². The smallest absolute Gasteiger partial charge is 0.306 e. The fourth-order valence-electron chi connectivity index (χ4n) is 2.83. The number of nitrogens with one attached hydrogen (secondary N) is 1. The summed E-state index contributed by atoms with van der Waals surface area (Å²) in [5.74, 6) is -0.0883. The molecule has 2 aromatic rings. The van der Waals surface area contributed by atoms with E-state index in [2.05, 4.69) is 30.7 Å². The predicted molar refractivity (Wildman–Crippen MR) is 92.1 cm³/mol. The SMILES string of the molecule is CCN(CCc1c[nH]c2cccc(OCCC(=O)O)c12)C(C)C. The number of ether oxygens (including phenoxy) is 1. The lowest BCUT2D eigenvalue weighted by atomic mass is 10.1. The quantitative estimate of drug-likeness (QED) is 0.744. The number of nitrogens with zero attached hydrogens (tertiary/aromatic N) is 1. The Morgan fingerprint density at radius 1 is 1.39 bits per heavy atom. The van der Waals surface area contributed by atoms with E-state index >= 15 is 0 Å². The molecule has 0 aliphatic carbocycles. The van der Waals surface area contributed by atoms with Crippen LogP contribution in [0.2, 0.25) is 0 Å². The van der Waals surface area contributed by atoms with E-state index in [4.69, 9.17) is 9.84 Å². The zero-order chi connectivity index (χ0) is 16.8. The molecule has 2 rings (SSSR count). The molecule has 5 nitrogen and oxygen atoms in total. The Hall–Kier alpha value is -2.01. The van der Waals surface area contributed by atoms with Gasteiger partial charge in [-0.2, -0.15) is 0 Å². The fraction of sp³-hybridized carbons (Fsp3) is 0.500. The van der Waals surface area contributed by atoms with E-state index in [0.717, 1.165) is 36.2 Å². The van der Waals surface area contributed by atoms with Crippen LogP contribution >= 0.6 is 0 Å². The van der Waals surface area contributed by atoms with Crippen LogP contribution in [0.15, 0.2) is 24.4 Å². The highest BCUT2D eigenvalue weighted by Gasteiger charge is 2.13. The van der Waals surface area contributed by atoms with Crippen molar-refractivity contribution >= 4 is 16.9 Å². The number of hydrogen-bond acceptors (Lipinski definition) is 3. The third kappa shape index (κ3) is 4.48. The molecule has 0 unspecified atom stereocenters. The van der Waals surface area contributed by atoms with Crippen molar-refractivity contribution in [1.82, 2.24) is 9.88 Å². The molecule has 5 heteroatoms. The largest absolute Gasteiger partial charge is 0.492 e. The lowest BCUT2D eigenvalue weighted by Crippen LogP contribution is -2.32. The number of rotatable bonds is 9. The number of carboxylic acids is 1. The highest BCUT2D eigenvalue weighted by atomic mass is 16.5. The summed E-state index contributed by atoms with van der Waals surface area (Å²) in [6.45, 7) is 8.80. The Bertz CT molecular complexity index is 649. The molecule has 23 heavy (non-hydrogen) atoms. The lowest BCUT2D eigenvalue weighted by molar-refractivity contribution is -0.137. The number of hydrogen-bond donors (Lipinski definition) is 2. The number of likely N-dealkylation sites (N-methyl/N-ethyl adjacent to an activating group) is 1. The van der Waals surface area contributed by atoms with Crippen LogP contribution in [0, 0.1) is 0 Å². The van der Waals surface area contributed by atoms with Gasteiger partial charge >= 0.3 is 5.97 Å². The summed E-state index contributed by atoms with van der Waals surface area (Å²) < 4.78 is 5.70. The molecule has 0 bridgehead atoms. The third-order valence-corrected chi connectivity index (χ3v) is 4.13. The first-order valence-electron chi connectivity index (χ1n) is 8.20. The minimum Gasteiger partial charge on any atom is -0.492 e. The molecule has 0 amide bonds. The van der Waals surface area contributed by atoms with Gasteiger partial charge < -0.3 is 19.7 Å². The van der Waals surface area contributed by atoms with Gasteiger partial charge in [-0.05, 0) is 44.5 Å². The van der Waals surface area contributed by atoms with Crippen molar-refractivity contribution in [2.75, 3.05) is 19.7 Å². The summed E-state index contributed by atoms with van der Waals surface area (Å²) in [7, 11) is 0. The summed E-state index contributed by atoms with van der Waals surface area (Å²) in [5, 5.41) is 9.82. The maximum atomic E-state index is 10.7. The van der Waals surface area contributed by atoms with E-state index in [1.807, 2.05) is 24.4 Å². The number of carbonyl (C=O) groups is 1. The summed E-state index contributed by atoms with van der Waals surface area (Å²) in [5.41, 5.74) is 2.24. The van der Waals surface area contributed by atoms with Crippen LogP contribution in [0.1, 0.15) is 32.8 Å². The number of aromatic nitrogens is 1. The molecule has 1 aromatic heterocycles. The van der Waals surface area contributed by atoms with Gasteiger partial charge in [0, 0.05) is 29.7 Å². The van der Waals surface area contributed by atoms with Gasteiger partial charge in [0.2, 0.25) is 0 Å². The number of aromatic amines is 1. The molecule has 1 heterocycles. The van der Waals surface area contributed by atoms with Gasteiger partial charge in [-0.25, -0.2) is 0 Å². The van der Waals surface area contributed by atoms with Crippen LogP contribution in [0.5, 0.6) is 5.75 Å². The van der Waals surface area contributed by atoms with Gasteiger partial charge in [-0.15, -0.1) is 0 Å². The minimum atomic E-state index is -0.845. The van der Waals surface area contributed by atoms with E-state index in [0.29, 0.717) is 6.04 Å². The molecule has 0 saturated heterocycles. The van der Waals surface area contributed by atoms with Crippen LogP contribution < -0.4 is 4.74 Å². The highest BCUT2D eigenvalue weighted by molar-refractivity contribution is 5.89. The van der Waals surface area contributed by atoms with Crippen LogP contribution in [0.25, 0.3) is 10.9 Å². The van der Waals surface area contributed by atoms with Gasteiger partial charge in [0.1, 0.15) is 5.75 Å². The molecule has 0 fully saturated rings. The number of carboxylic acid groups (broad SMARTS) is 1. The zero-order valence-electron chi connectivity index (χ0n) is 14.1. The Morgan fingerprint density at radius 2 is 2.17 bits per heavy atom. The number of fused-ring (bicyclic) bond motifs is 1. The number of benzene rings is 1. The van der Waals surface area contributed by atoms with Crippen molar-refractivity contribution in [2.24, 2.45) is 0 Å². The molecule has 0 spiro atoms. The van der Waals surface area contributed by atoms with E-state index in [-0.39, 0.29) is 13.0 Å². The molecule has 0 atom stereocenters. The molecule has 0 aliphatic rings. The van der Waals surface area contributed by atoms with Crippen molar-refractivity contribution in [1.29, 1.82) is 0 Å². The third-order valence-electron chi connectivity index (χ3n) is 4.13. The van der Waals surface area contributed by atoms with Gasteiger partial charge in [0.15, 0.2) is 0 Å². The van der Waals surface area contributed by atoms with Crippen molar-refractivity contribution in [3.05, 3.63) is 30.0 Å². The van der Waals surface area contributed by atoms with Crippen LogP contribution in [0.4, 0.5) is 0 Å². The number of H-pyrrole nitrogens is 1. The summed E-state index contributed by atoms with van der Waals surface area (Å²) in [6, 6.07) is 6.37. The standard InChI is InChI=1S/C18H26N2O3/c1-4-20(13(2)3)10-8-14-12-19-15-6-5-7-16(18(14)15)23-11-9-17(21)22/h5-7,12-13,19H,4,8-11H2,1-3H3,(H,21,22). The Balaban J connectivity index is 2.15. The maximum absolute atomic E-state index is 10.7. The molecular formula is C18H26N2O3. The fourth-order valence-corrected chi connectivity index (χ4v) is 2.83. The van der Waals surface area contributed by atoms with Crippen LogP contribution in [-0.4, -0.2) is 46.7 Å². The normalized spacial score (nSPS) is 11.5. The molecule has 0 aliphatic heterocycles. The monoisotopic (exact) mass is 318 g/mol. The van der Waals surface area contributed by atoms with Gasteiger partial charge in [-0.3, -0.25) is 4.79 Å². The average molecular weight is 318 g/mol. The predicted octanol–water partition coefficient (Wildman–Crippen LogP) is 3.29. The summed E-state index contributed by atoms with van der Waals surface area (Å²) in [4.78, 5) is 16.4. The summed E-state index contributed by atoms with van der Waals surface area (Å²) in [6.07, 6.45) is 2.97. The second-order valence-electron chi connectivity index (χ2n) is 5.96. The van der Waals surface area contributed by atoms with Crippen molar-refractivity contribution in [3.8, 4) is 5.75 Å². The Labute approximate surface area is 137 Å². The second-order valence-corrected chi connectivity index (χ2v) is 5.96. The van der Waals surface area contributed by atoms with Crippen molar-refractivity contribution in [3.63, 3.8) is 0 Å². The lowest BCUT2D eigenvalue weighted by Gasteiger charge is -2.24. The second kappa shape index (κ2) is 8.02. The van der Waals surface area contributed by atoms with E-state index < -0.39 is 5.97 Å². The van der Waals surface area contributed by atoms with Gasteiger partial charge in [0.25, 0.3) is 0 Å². The number of aliphatic carboxylic acids is 1. The Kier molecular flexibility index (Phi) is 6.04. The van der Waals surface area contributed by atoms with Gasteiger partial charge in [-0.1, -0.05) is 13.0 Å². The van der Waals surface area contributed by atoms with E-state index in [9.17, 15) is 4.79 Å². The molecule has 0 radical (unpaired) electrons. The van der Waals surface area contributed by atoms with Gasteiger partial charge in [0.05, 0.1) is 13.0 Å². The summed E-state index contributed by atoms with van der Waals surface area (Å²) >= 11 is 0. The highest BCUT2D eigenvalue weighted by Crippen LogP contribution is 2.29. The van der Waals surface area contributed by atoms with Crippen molar-refractivity contribution < 1.29 is 14.6 Å². The molecule has 126 valence electrons. The van der Waals surface area contributed by atoms with Crippen LogP contribution in [-0.2, 0) is 11.2 Å². The molecule has 2 N–H and O–H groups in total. The first kappa shape index (κ1) is 17.3. The first-order valence-corrected chi connectivity index (χ1v) is 8.20. The first-order chi connectivity index (χ1) is 11.0. The average Bonchev–Trinajstić information content (AvgIpc) is 2.91. The zero-order valence-corrected chi connectivity index (χ0v) is 14.1. The molecule has 0 saturated carbocycles. The molecular weight excluding hydrogens is 292 g/mol. The van der Waals surface area contributed by atoms with E-state index in [1.165, 1.54) is 5.56 Å². The molecule has 1 aromatic carbocycles. The van der Waals surface area contributed by atoms with E-state index in [1.54, 1.807) is 0 Å². The van der Waals surface area contributed by atoms with Crippen LogP contribution in [0.3, 0.4) is 0 Å². The topological polar surface area (TPSA) is 65.6 Å². The Morgan fingerprint density at radius 3 is 2.83 bits per heavy atom. The maximum Gasteiger partial charge on any atom is 0.306 e.